The van der Waals surface area contributed by atoms with Crippen molar-refractivity contribution in [2.45, 2.75) is 18.5 Å². The maximum Gasteiger partial charge on any atom is 0.234 e. The van der Waals surface area contributed by atoms with Crippen molar-refractivity contribution in [3.05, 3.63) is 89.5 Å². The van der Waals surface area contributed by atoms with Gasteiger partial charge in [0.15, 0.2) is 5.16 Å². The highest BCUT2D eigenvalue weighted by atomic mass is 32.2. The third-order valence-corrected chi connectivity index (χ3v) is 5.36. The number of H-pyrrole nitrogens is 1. The van der Waals surface area contributed by atoms with E-state index in [1.807, 2.05) is 55.5 Å². The number of carbonyl (C=O) groups excluding carboxylic acids is 1. The number of fused-ring (bicyclic) bond motifs is 1. The minimum atomic E-state index is -0.0397. The zero-order valence-electron chi connectivity index (χ0n) is 15.6. The molecular weight excluding hydrogens is 366 g/mol. The molecule has 0 aliphatic carbocycles. The summed E-state index contributed by atoms with van der Waals surface area (Å²) in [7, 11) is 0. The van der Waals surface area contributed by atoms with Crippen molar-refractivity contribution in [3.8, 4) is 0 Å². The Morgan fingerprint density at radius 2 is 1.82 bits per heavy atom. The van der Waals surface area contributed by atoms with Crippen LogP contribution in [0.5, 0.6) is 0 Å². The van der Waals surface area contributed by atoms with Crippen LogP contribution < -0.4 is 5.32 Å². The van der Waals surface area contributed by atoms with E-state index in [9.17, 15) is 4.79 Å². The molecule has 0 fully saturated rings. The molecule has 0 aliphatic rings. The van der Waals surface area contributed by atoms with E-state index in [1.54, 1.807) is 0 Å². The van der Waals surface area contributed by atoms with Gasteiger partial charge in [-0.25, -0.2) is 4.98 Å². The van der Waals surface area contributed by atoms with Crippen LogP contribution in [0.4, 0.5) is 5.69 Å². The van der Waals surface area contributed by atoms with Crippen LogP contribution in [0.2, 0.25) is 0 Å². The first-order chi connectivity index (χ1) is 13.7. The van der Waals surface area contributed by atoms with E-state index in [-0.39, 0.29) is 5.91 Å². The zero-order chi connectivity index (χ0) is 19.3. The molecule has 0 saturated carbocycles. The Bertz CT molecular complexity index is 1110. The zero-order valence-corrected chi connectivity index (χ0v) is 16.4. The highest BCUT2D eigenvalue weighted by molar-refractivity contribution is 7.99. The molecule has 0 unspecified atom stereocenters. The third-order valence-electron chi connectivity index (χ3n) is 4.48. The average Bonchev–Trinajstić information content (AvgIpc) is 3.11. The van der Waals surface area contributed by atoms with Gasteiger partial charge in [0.1, 0.15) is 0 Å². The first-order valence-corrected chi connectivity index (χ1v) is 10.2. The van der Waals surface area contributed by atoms with Crippen LogP contribution in [0.25, 0.3) is 11.0 Å². The number of rotatable bonds is 6. The number of aromatic nitrogens is 2. The lowest BCUT2D eigenvalue weighted by atomic mass is 10.0. The highest BCUT2D eigenvalue weighted by Gasteiger charge is 2.10. The first kappa shape index (κ1) is 18.3. The normalized spacial score (nSPS) is 10.9. The maximum atomic E-state index is 12.5. The summed E-state index contributed by atoms with van der Waals surface area (Å²) in [6.45, 7) is 2.05. The van der Waals surface area contributed by atoms with E-state index in [1.165, 1.54) is 22.9 Å². The molecule has 0 radical (unpaired) electrons. The number of imidazole rings is 1. The molecule has 4 nitrogen and oxygen atoms in total. The summed E-state index contributed by atoms with van der Waals surface area (Å²) in [6.07, 6.45) is 0.785. The second kappa shape index (κ2) is 8.31. The van der Waals surface area contributed by atoms with Crippen molar-refractivity contribution < 1.29 is 4.79 Å². The molecule has 140 valence electrons. The number of carbonyl (C=O) groups is 1. The Morgan fingerprint density at radius 3 is 2.68 bits per heavy atom. The Kier molecular flexibility index (Phi) is 5.44. The molecule has 0 spiro atoms. The topological polar surface area (TPSA) is 57.8 Å². The minimum Gasteiger partial charge on any atom is -0.333 e. The number of aromatic amines is 1. The van der Waals surface area contributed by atoms with E-state index < -0.39 is 0 Å². The summed E-state index contributed by atoms with van der Waals surface area (Å²) in [5.74, 6) is 0.264. The van der Waals surface area contributed by atoms with E-state index in [2.05, 4.69) is 39.6 Å². The van der Waals surface area contributed by atoms with Gasteiger partial charge in [-0.1, -0.05) is 66.4 Å². The molecule has 0 saturated heterocycles. The molecule has 3 aromatic carbocycles. The van der Waals surface area contributed by atoms with Crippen LogP contribution in [-0.2, 0) is 11.2 Å². The number of aryl methyl sites for hydroxylation is 1. The van der Waals surface area contributed by atoms with Crippen LogP contribution >= 0.6 is 11.8 Å². The molecule has 2 N–H and O–H groups in total. The van der Waals surface area contributed by atoms with E-state index in [0.29, 0.717) is 5.75 Å². The fourth-order valence-corrected chi connectivity index (χ4v) is 3.79. The molecule has 1 aromatic heterocycles. The fourth-order valence-electron chi connectivity index (χ4n) is 3.10. The van der Waals surface area contributed by atoms with Gasteiger partial charge in [-0.3, -0.25) is 4.79 Å². The number of thioether (sulfide) groups is 1. The summed E-state index contributed by atoms with van der Waals surface area (Å²) >= 11 is 1.41. The quantitative estimate of drug-likeness (QED) is 0.448. The second-order valence-corrected chi connectivity index (χ2v) is 7.68. The van der Waals surface area contributed by atoms with Gasteiger partial charge in [-0.2, -0.15) is 0 Å². The smallest absolute Gasteiger partial charge is 0.234 e. The largest absolute Gasteiger partial charge is 0.333 e. The molecule has 1 amide bonds. The highest BCUT2D eigenvalue weighted by Crippen LogP contribution is 2.22. The molecule has 1 heterocycles. The van der Waals surface area contributed by atoms with Crippen LogP contribution in [0.1, 0.15) is 16.7 Å². The van der Waals surface area contributed by atoms with Crippen molar-refractivity contribution in [2.24, 2.45) is 0 Å². The molecule has 4 aromatic rings. The van der Waals surface area contributed by atoms with Crippen molar-refractivity contribution in [1.29, 1.82) is 0 Å². The maximum absolute atomic E-state index is 12.5. The number of nitrogens with one attached hydrogen (secondary N) is 2. The number of benzene rings is 3. The Morgan fingerprint density at radius 1 is 1.04 bits per heavy atom. The van der Waals surface area contributed by atoms with Gasteiger partial charge in [0, 0.05) is 5.69 Å². The number of amides is 1. The molecule has 5 heteroatoms. The summed E-state index contributed by atoms with van der Waals surface area (Å²) in [5.41, 5.74) is 6.28. The Labute approximate surface area is 168 Å². The predicted octanol–water partition coefficient (Wildman–Crippen LogP) is 5.19. The number of para-hydroxylation sites is 1. The van der Waals surface area contributed by atoms with Gasteiger partial charge in [-0.15, -0.1) is 0 Å². The van der Waals surface area contributed by atoms with Crippen molar-refractivity contribution >= 4 is 34.4 Å². The molecule has 0 aliphatic heterocycles. The summed E-state index contributed by atoms with van der Waals surface area (Å²) in [6, 6.07) is 24.3. The summed E-state index contributed by atoms with van der Waals surface area (Å²) < 4.78 is 0. The SMILES string of the molecule is Cc1ccc2nc(SCC(=O)Nc3ccccc3Cc3ccccc3)[nH]c2c1. The lowest BCUT2D eigenvalue weighted by Gasteiger charge is -2.11. The molecule has 4 rings (SSSR count). The van der Waals surface area contributed by atoms with Crippen LogP contribution in [0.3, 0.4) is 0 Å². The van der Waals surface area contributed by atoms with Crippen LogP contribution in [0, 0.1) is 6.92 Å². The number of anilines is 1. The Balaban J connectivity index is 1.41. The number of hydrogen-bond donors (Lipinski definition) is 2. The fraction of sp³-hybridized carbons (Fsp3) is 0.130. The average molecular weight is 388 g/mol. The molecule has 0 bridgehead atoms. The number of hydrogen-bond acceptors (Lipinski definition) is 3. The van der Waals surface area contributed by atoms with Gasteiger partial charge >= 0.3 is 0 Å². The third kappa shape index (κ3) is 4.43. The van der Waals surface area contributed by atoms with E-state index in [4.69, 9.17) is 0 Å². The standard InChI is InChI=1S/C23H21N3OS/c1-16-11-12-20-21(13-16)26-23(25-20)28-15-22(27)24-19-10-6-5-9-18(19)14-17-7-3-2-4-8-17/h2-13H,14-15H2,1H3,(H,24,27)(H,25,26). The van der Waals surface area contributed by atoms with Gasteiger partial charge in [0.2, 0.25) is 5.91 Å². The molecular formula is C23H21N3OS. The minimum absolute atomic E-state index is 0.0397. The lowest BCUT2D eigenvalue weighted by Crippen LogP contribution is -2.15. The summed E-state index contributed by atoms with van der Waals surface area (Å²) in [4.78, 5) is 20.3. The lowest BCUT2D eigenvalue weighted by molar-refractivity contribution is -0.113. The van der Waals surface area contributed by atoms with Crippen LogP contribution in [-0.4, -0.2) is 21.6 Å². The second-order valence-electron chi connectivity index (χ2n) is 6.72. The monoisotopic (exact) mass is 387 g/mol. The van der Waals surface area contributed by atoms with Gasteiger partial charge < -0.3 is 10.3 Å². The van der Waals surface area contributed by atoms with Crippen molar-refractivity contribution in [2.75, 3.05) is 11.1 Å². The van der Waals surface area contributed by atoms with Crippen molar-refractivity contribution in [3.63, 3.8) is 0 Å². The van der Waals surface area contributed by atoms with E-state index >= 15 is 0 Å². The van der Waals surface area contributed by atoms with Gasteiger partial charge in [0.05, 0.1) is 16.8 Å². The number of nitrogens with zero attached hydrogens (tertiary/aromatic N) is 1. The molecule has 28 heavy (non-hydrogen) atoms. The van der Waals surface area contributed by atoms with Gasteiger partial charge in [-0.05, 0) is 48.2 Å². The molecule has 0 atom stereocenters. The Hall–Kier alpha value is -3.05. The van der Waals surface area contributed by atoms with Crippen molar-refractivity contribution in [1.82, 2.24) is 9.97 Å². The van der Waals surface area contributed by atoms with Crippen LogP contribution in [0.15, 0.2) is 78.0 Å². The summed E-state index contributed by atoms with van der Waals surface area (Å²) in [5, 5.41) is 3.80. The van der Waals surface area contributed by atoms with Gasteiger partial charge in [0.25, 0.3) is 0 Å². The predicted molar refractivity (Wildman–Crippen MR) is 116 cm³/mol. The first-order valence-electron chi connectivity index (χ1n) is 9.18. The van der Waals surface area contributed by atoms with E-state index in [0.717, 1.165) is 33.9 Å².